The van der Waals surface area contributed by atoms with Crippen molar-refractivity contribution in [3.05, 3.63) is 157 Å². The van der Waals surface area contributed by atoms with Gasteiger partial charge in [0.1, 0.15) is 0 Å². The summed E-state index contributed by atoms with van der Waals surface area (Å²) in [6.45, 7) is 0. The number of rotatable bonds is 5. The Kier molecular flexibility index (Phi) is 6.63. The second-order valence-corrected chi connectivity index (χ2v) is 11.3. The molecule has 0 aliphatic carbocycles. The molecule has 0 bridgehead atoms. The van der Waals surface area contributed by atoms with E-state index < -0.39 is 0 Å². The molecule has 45 heavy (non-hydrogen) atoms. The Balaban J connectivity index is 1.27. The van der Waals surface area contributed by atoms with Crippen molar-refractivity contribution in [1.82, 2.24) is 0 Å². The maximum atomic E-state index is 11.0. The van der Waals surface area contributed by atoms with Gasteiger partial charge in [-0.05, 0) is 76.2 Å². The van der Waals surface area contributed by atoms with Gasteiger partial charge in [-0.2, -0.15) is 0 Å². The lowest BCUT2D eigenvalue weighted by Gasteiger charge is -2.31. The van der Waals surface area contributed by atoms with Gasteiger partial charge in [0, 0.05) is 16.8 Å². The number of aromatic hydroxyl groups is 1. The van der Waals surface area contributed by atoms with Crippen LogP contribution in [0.3, 0.4) is 0 Å². The minimum atomic E-state index is -0.0257. The van der Waals surface area contributed by atoms with Crippen molar-refractivity contribution in [3.8, 4) is 51.0 Å². The van der Waals surface area contributed by atoms with E-state index >= 15 is 0 Å². The van der Waals surface area contributed by atoms with E-state index in [0.29, 0.717) is 28.0 Å². The molecule has 1 N–H and O–H groups in total. The molecule has 0 unspecified atom stereocenters. The summed E-state index contributed by atoms with van der Waals surface area (Å²) in [5.74, 6) is 1.62. The highest BCUT2D eigenvalue weighted by Crippen LogP contribution is 2.57. The Morgan fingerprint density at radius 2 is 1.04 bits per heavy atom. The number of ether oxygens (including phenoxy) is 2. The number of nitrogens with zero attached hydrogens (tertiary/aromatic N) is 1. The van der Waals surface area contributed by atoms with Crippen LogP contribution in [0, 0.1) is 0 Å². The zero-order valence-corrected chi connectivity index (χ0v) is 24.8. The second-order valence-electron chi connectivity index (χ2n) is 10.9. The Labute approximate surface area is 265 Å². The normalized spacial score (nSPS) is 11.7. The maximum Gasteiger partial charge on any atom is 0.213 e. The lowest BCUT2D eigenvalue weighted by molar-refractivity contribution is 0.341. The van der Waals surface area contributed by atoms with Crippen LogP contribution in [0.4, 0.5) is 17.1 Å². The summed E-state index contributed by atoms with van der Waals surface area (Å²) < 4.78 is 13.0. The summed E-state index contributed by atoms with van der Waals surface area (Å²) in [4.78, 5) is 2.12. The van der Waals surface area contributed by atoms with Gasteiger partial charge in [-0.25, -0.2) is 0 Å². The maximum absolute atomic E-state index is 11.0. The highest BCUT2D eigenvalue weighted by molar-refractivity contribution is 6.36. The molecule has 8 rings (SSSR count). The molecular weight excluding hydrogens is 578 g/mol. The number of anilines is 3. The van der Waals surface area contributed by atoms with Crippen LogP contribution in [0.25, 0.3) is 33.0 Å². The van der Waals surface area contributed by atoms with Gasteiger partial charge in [-0.3, -0.25) is 0 Å². The average molecular weight is 604 g/mol. The molecule has 0 amide bonds. The summed E-state index contributed by atoms with van der Waals surface area (Å²) in [6, 6.07) is 50.4. The Morgan fingerprint density at radius 3 is 1.64 bits per heavy atom. The fraction of sp³-hybridized carbons (Fsp3) is 0. The smallest absolute Gasteiger partial charge is 0.213 e. The van der Waals surface area contributed by atoms with E-state index in [4.69, 9.17) is 21.1 Å². The molecule has 5 heteroatoms. The summed E-state index contributed by atoms with van der Waals surface area (Å²) in [5, 5.41) is 13.2. The Bertz CT molecular complexity index is 2080. The van der Waals surface area contributed by atoms with Crippen molar-refractivity contribution in [2.75, 3.05) is 4.90 Å². The summed E-state index contributed by atoms with van der Waals surface area (Å²) in [6.07, 6.45) is 0. The Morgan fingerprint density at radius 1 is 0.467 bits per heavy atom. The summed E-state index contributed by atoms with van der Waals surface area (Å²) >= 11 is 6.61. The lowest BCUT2D eigenvalue weighted by Crippen LogP contribution is -2.13. The van der Waals surface area contributed by atoms with Crippen molar-refractivity contribution in [2.24, 2.45) is 0 Å². The SMILES string of the molecule is Oc1ccc(N(c2ccc(-c3ccccc3)cc2)c2ccc(-c3ccccc3)cc2)c2c1Oc1c(ccc3cccc(Cl)c13)O2. The molecular formula is C40H26ClNO3. The van der Waals surface area contributed by atoms with Gasteiger partial charge in [-0.15, -0.1) is 0 Å². The number of phenolic OH excluding ortho intramolecular Hbond substituents is 1. The van der Waals surface area contributed by atoms with Crippen LogP contribution in [0.2, 0.25) is 5.02 Å². The van der Waals surface area contributed by atoms with Crippen LogP contribution in [0.1, 0.15) is 0 Å². The van der Waals surface area contributed by atoms with Crippen molar-refractivity contribution in [2.45, 2.75) is 0 Å². The number of halogens is 1. The van der Waals surface area contributed by atoms with E-state index in [0.717, 1.165) is 44.4 Å². The van der Waals surface area contributed by atoms with E-state index in [9.17, 15) is 5.11 Å². The fourth-order valence-electron chi connectivity index (χ4n) is 5.89. The molecule has 0 saturated carbocycles. The largest absolute Gasteiger partial charge is 0.504 e. The molecule has 0 saturated heterocycles. The number of benzene rings is 7. The van der Waals surface area contributed by atoms with Gasteiger partial charge in [0.15, 0.2) is 23.0 Å². The monoisotopic (exact) mass is 603 g/mol. The number of hydrogen-bond donors (Lipinski definition) is 1. The van der Waals surface area contributed by atoms with Gasteiger partial charge in [0.25, 0.3) is 0 Å². The van der Waals surface area contributed by atoms with Crippen molar-refractivity contribution < 1.29 is 14.6 Å². The summed E-state index contributed by atoms with van der Waals surface area (Å²) in [7, 11) is 0. The third-order valence-corrected chi connectivity index (χ3v) is 8.42. The molecule has 1 heterocycles. The van der Waals surface area contributed by atoms with Crippen LogP contribution in [-0.2, 0) is 0 Å². The van der Waals surface area contributed by atoms with E-state index in [1.54, 1.807) is 6.07 Å². The molecule has 1 aliphatic rings. The number of fused-ring (bicyclic) bond motifs is 4. The quantitative estimate of drug-likeness (QED) is 0.212. The first-order valence-electron chi connectivity index (χ1n) is 14.7. The van der Waals surface area contributed by atoms with Crippen molar-refractivity contribution in [1.29, 1.82) is 0 Å². The molecule has 1 aliphatic heterocycles. The predicted molar refractivity (Wildman–Crippen MR) is 183 cm³/mol. The van der Waals surface area contributed by atoms with E-state index in [2.05, 4.69) is 77.7 Å². The van der Waals surface area contributed by atoms with Crippen molar-refractivity contribution in [3.63, 3.8) is 0 Å². The predicted octanol–water partition coefficient (Wildman–Crippen LogP) is 11.9. The summed E-state index contributed by atoms with van der Waals surface area (Å²) in [5.41, 5.74) is 7.07. The molecule has 0 fully saturated rings. The second kappa shape index (κ2) is 11.1. The van der Waals surface area contributed by atoms with E-state index in [1.807, 2.05) is 72.8 Å². The topological polar surface area (TPSA) is 41.9 Å². The minimum absolute atomic E-state index is 0.0257. The van der Waals surface area contributed by atoms with Crippen molar-refractivity contribution >= 4 is 39.4 Å². The molecule has 4 nitrogen and oxygen atoms in total. The average Bonchev–Trinajstić information content (AvgIpc) is 3.10. The molecule has 0 spiro atoms. The lowest BCUT2D eigenvalue weighted by atomic mass is 10.0. The molecule has 7 aromatic rings. The zero-order valence-electron chi connectivity index (χ0n) is 24.0. The van der Waals surface area contributed by atoms with Crippen LogP contribution in [0.15, 0.2) is 152 Å². The number of hydrogen-bond acceptors (Lipinski definition) is 4. The first-order chi connectivity index (χ1) is 22.1. The first kappa shape index (κ1) is 26.9. The third-order valence-electron chi connectivity index (χ3n) is 8.10. The molecule has 0 atom stereocenters. The van der Waals surface area contributed by atoms with E-state index in [1.165, 1.54) is 0 Å². The first-order valence-corrected chi connectivity index (χ1v) is 15.1. The standard InChI is InChI=1S/C40H26ClNO3/c41-33-13-7-12-30-18-25-36-40(37(30)33)45-39-35(43)24-23-34(38(39)44-36)42(31-19-14-28(15-20-31)26-8-3-1-4-9-26)32-21-16-29(17-22-32)27-10-5-2-6-11-27/h1-25,43H. The van der Waals surface area contributed by atoms with Crippen LogP contribution < -0.4 is 14.4 Å². The molecule has 216 valence electrons. The van der Waals surface area contributed by atoms with E-state index in [-0.39, 0.29) is 11.5 Å². The van der Waals surface area contributed by atoms with Crippen LogP contribution >= 0.6 is 11.6 Å². The van der Waals surface area contributed by atoms with Crippen LogP contribution in [-0.4, -0.2) is 5.11 Å². The molecule has 7 aromatic carbocycles. The zero-order chi connectivity index (χ0) is 30.3. The van der Waals surface area contributed by atoms with Gasteiger partial charge >= 0.3 is 0 Å². The molecule has 0 radical (unpaired) electrons. The number of phenols is 1. The van der Waals surface area contributed by atoms with Gasteiger partial charge < -0.3 is 19.5 Å². The van der Waals surface area contributed by atoms with Gasteiger partial charge in [0.2, 0.25) is 5.75 Å². The molecule has 0 aromatic heterocycles. The Hall–Kier alpha value is -5.71. The fourth-order valence-corrected chi connectivity index (χ4v) is 6.15. The highest BCUT2D eigenvalue weighted by Gasteiger charge is 2.30. The highest BCUT2D eigenvalue weighted by atomic mass is 35.5. The van der Waals surface area contributed by atoms with Crippen LogP contribution in [0.5, 0.6) is 28.7 Å². The third kappa shape index (κ3) is 4.82. The minimum Gasteiger partial charge on any atom is -0.504 e. The van der Waals surface area contributed by atoms with Gasteiger partial charge in [-0.1, -0.05) is 115 Å². The van der Waals surface area contributed by atoms with Gasteiger partial charge in [0.05, 0.1) is 10.7 Å².